The minimum atomic E-state index is -0.596. The van der Waals surface area contributed by atoms with E-state index < -0.39 is 5.60 Å². The Bertz CT molecular complexity index is 719. The van der Waals surface area contributed by atoms with Gasteiger partial charge in [0.25, 0.3) is 0 Å². The Kier molecular flexibility index (Phi) is 3.84. The van der Waals surface area contributed by atoms with Crippen LogP contribution in [0, 0.1) is 20.8 Å². The van der Waals surface area contributed by atoms with Gasteiger partial charge in [0.05, 0.1) is 0 Å². The van der Waals surface area contributed by atoms with Crippen molar-refractivity contribution in [2.45, 2.75) is 45.8 Å². The second kappa shape index (κ2) is 5.69. The summed E-state index contributed by atoms with van der Waals surface area (Å²) in [5, 5.41) is 3.22. The van der Waals surface area contributed by atoms with Crippen LogP contribution in [0.1, 0.15) is 35.7 Å². The molecule has 0 aliphatic carbocycles. The van der Waals surface area contributed by atoms with Crippen molar-refractivity contribution >= 4 is 11.8 Å². The second-order valence-corrected chi connectivity index (χ2v) is 6.59. The number of esters is 1. The molecule has 120 valence electrons. The fourth-order valence-electron chi connectivity index (χ4n) is 3.09. The monoisotopic (exact) mass is 310 g/mol. The van der Waals surface area contributed by atoms with E-state index in [1.54, 1.807) is 0 Å². The molecule has 1 aromatic heterocycles. The summed E-state index contributed by atoms with van der Waals surface area (Å²) >= 11 is 0. The lowest BCUT2D eigenvalue weighted by Gasteiger charge is -2.23. The number of nitrogens with zero attached hydrogens (tertiary/aromatic N) is 1. The molecular formula is C19H22N2O2. The van der Waals surface area contributed by atoms with Crippen molar-refractivity contribution in [2.75, 3.05) is 5.32 Å². The van der Waals surface area contributed by atoms with Gasteiger partial charge in [-0.25, -0.2) is 9.78 Å². The van der Waals surface area contributed by atoms with Crippen LogP contribution in [-0.2, 0) is 15.1 Å². The van der Waals surface area contributed by atoms with E-state index >= 15 is 0 Å². The highest BCUT2D eigenvalue weighted by molar-refractivity contribution is 5.82. The largest absolute Gasteiger partial charge is 0.453 e. The quantitative estimate of drug-likeness (QED) is 0.879. The molecule has 0 bridgehead atoms. The molecule has 2 atom stereocenters. The number of carbonyl (C=O) groups is 1. The third-order valence-corrected chi connectivity index (χ3v) is 4.29. The summed E-state index contributed by atoms with van der Waals surface area (Å²) in [4.78, 5) is 16.7. The Morgan fingerprint density at radius 3 is 2.48 bits per heavy atom. The summed E-state index contributed by atoms with van der Waals surface area (Å²) in [5.41, 5.74) is 3.67. The summed E-state index contributed by atoms with van der Waals surface area (Å²) in [6.45, 7) is 7.97. The van der Waals surface area contributed by atoms with Crippen LogP contribution in [0.2, 0.25) is 0 Å². The lowest BCUT2D eigenvalue weighted by atomic mass is 9.91. The maximum absolute atomic E-state index is 12.3. The maximum atomic E-state index is 12.3. The summed E-state index contributed by atoms with van der Waals surface area (Å²) in [6, 6.07) is 11.7. The van der Waals surface area contributed by atoms with Crippen LogP contribution in [0.3, 0.4) is 0 Å². The molecule has 4 heteroatoms. The number of aromatic nitrogens is 1. The third-order valence-electron chi connectivity index (χ3n) is 4.29. The van der Waals surface area contributed by atoms with Crippen LogP contribution in [0.15, 0.2) is 36.4 Å². The van der Waals surface area contributed by atoms with E-state index in [9.17, 15) is 4.79 Å². The molecule has 2 aromatic rings. The average Bonchev–Trinajstić information content (AvgIpc) is 2.74. The van der Waals surface area contributed by atoms with Gasteiger partial charge >= 0.3 is 5.97 Å². The molecule has 2 heterocycles. The van der Waals surface area contributed by atoms with Gasteiger partial charge in [0.15, 0.2) is 0 Å². The number of cyclic esters (lactones) is 1. The molecule has 0 amide bonds. The van der Waals surface area contributed by atoms with Crippen LogP contribution in [0.4, 0.5) is 5.82 Å². The minimum Gasteiger partial charge on any atom is -0.453 e. The molecule has 3 rings (SSSR count). The Morgan fingerprint density at radius 2 is 1.83 bits per heavy atom. The minimum absolute atomic E-state index is 0.228. The summed E-state index contributed by atoms with van der Waals surface area (Å²) in [7, 11) is 0. The van der Waals surface area contributed by atoms with E-state index in [1.165, 1.54) is 5.56 Å². The molecule has 1 aromatic carbocycles. The fraction of sp³-hybridized carbons (Fsp3) is 0.368. The molecule has 2 unspecified atom stereocenters. The zero-order valence-corrected chi connectivity index (χ0v) is 14.0. The van der Waals surface area contributed by atoms with Crippen LogP contribution in [-0.4, -0.2) is 17.0 Å². The number of hydrogen-bond acceptors (Lipinski definition) is 4. The van der Waals surface area contributed by atoms with Crippen LogP contribution < -0.4 is 5.32 Å². The number of ether oxygens (including phenoxy) is 1. The van der Waals surface area contributed by atoms with Gasteiger partial charge in [-0.2, -0.15) is 0 Å². The molecule has 1 fully saturated rings. The SMILES string of the molecule is Cc1ccc(C2(C)CC(Nc3cc(C)cc(C)n3)C(=O)O2)cc1. The van der Waals surface area contributed by atoms with Gasteiger partial charge < -0.3 is 10.1 Å². The molecule has 0 saturated carbocycles. The Labute approximate surface area is 136 Å². The van der Waals surface area contributed by atoms with Crippen molar-refractivity contribution in [3.63, 3.8) is 0 Å². The number of anilines is 1. The number of nitrogens with one attached hydrogen (secondary N) is 1. The first-order valence-corrected chi connectivity index (χ1v) is 7.87. The smallest absolute Gasteiger partial charge is 0.329 e. The molecule has 23 heavy (non-hydrogen) atoms. The van der Waals surface area contributed by atoms with Crippen LogP contribution in [0.5, 0.6) is 0 Å². The summed E-state index contributed by atoms with van der Waals surface area (Å²) in [6.07, 6.45) is 0.587. The number of aryl methyl sites for hydroxylation is 3. The first kappa shape index (κ1) is 15.5. The van der Waals surface area contributed by atoms with E-state index in [4.69, 9.17) is 4.74 Å². The summed E-state index contributed by atoms with van der Waals surface area (Å²) in [5.74, 6) is 0.492. The van der Waals surface area contributed by atoms with Crippen LogP contribution in [0.25, 0.3) is 0 Å². The average molecular weight is 310 g/mol. The zero-order valence-electron chi connectivity index (χ0n) is 14.0. The Morgan fingerprint density at radius 1 is 1.13 bits per heavy atom. The second-order valence-electron chi connectivity index (χ2n) is 6.59. The fourth-order valence-corrected chi connectivity index (χ4v) is 3.09. The van der Waals surface area contributed by atoms with Crippen molar-refractivity contribution in [3.8, 4) is 0 Å². The highest BCUT2D eigenvalue weighted by Crippen LogP contribution is 2.37. The van der Waals surface area contributed by atoms with Crippen LogP contribution >= 0.6 is 0 Å². The number of carbonyl (C=O) groups excluding carboxylic acids is 1. The zero-order chi connectivity index (χ0) is 16.6. The number of pyridine rings is 1. The summed E-state index contributed by atoms with van der Waals surface area (Å²) < 4.78 is 5.69. The van der Waals surface area contributed by atoms with E-state index in [1.807, 2.05) is 64.1 Å². The van der Waals surface area contributed by atoms with Gasteiger partial charge in [-0.3, -0.25) is 0 Å². The van der Waals surface area contributed by atoms with E-state index in [-0.39, 0.29) is 12.0 Å². The Balaban J connectivity index is 1.80. The molecule has 1 aliphatic heterocycles. The highest BCUT2D eigenvalue weighted by Gasteiger charge is 2.44. The van der Waals surface area contributed by atoms with Crippen molar-refractivity contribution in [3.05, 3.63) is 58.8 Å². The van der Waals surface area contributed by atoms with Crippen molar-refractivity contribution < 1.29 is 9.53 Å². The van der Waals surface area contributed by atoms with Gasteiger partial charge in [-0.15, -0.1) is 0 Å². The van der Waals surface area contributed by atoms with Gasteiger partial charge in [0.1, 0.15) is 17.5 Å². The van der Waals surface area contributed by atoms with Gasteiger partial charge in [0, 0.05) is 12.1 Å². The number of benzene rings is 1. The van der Waals surface area contributed by atoms with E-state index in [0.717, 1.165) is 22.6 Å². The molecule has 4 nitrogen and oxygen atoms in total. The van der Waals surface area contributed by atoms with E-state index in [0.29, 0.717) is 6.42 Å². The van der Waals surface area contributed by atoms with Gasteiger partial charge in [0.2, 0.25) is 0 Å². The highest BCUT2D eigenvalue weighted by atomic mass is 16.6. The molecular weight excluding hydrogens is 288 g/mol. The number of rotatable bonds is 3. The molecule has 1 saturated heterocycles. The molecule has 1 aliphatic rings. The lowest BCUT2D eigenvalue weighted by Crippen LogP contribution is -2.25. The normalized spacial score (nSPS) is 23.7. The topological polar surface area (TPSA) is 51.2 Å². The predicted molar refractivity (Wildman–Crippen MR) is 90.4 cm³/mol. The first-order chi connectivity index (χ1) is 10.9. The lowest BCUT2D eigenvalue weighted by molar-refractivity contribution is -0.148. The maximum Gasteiger partial charge on any atom is 0.329 e. The molecule has 0 radical (unpaired) electrons. The molecule has 1 N–H and O–H groups in total. The Hall–Kier alpha value is -2.36. The third kappa shape index (κ3) is 3.21. The van der Waals surface area contributed by atoms with E-state index in [2.05, 4.69) is 10.3 Å². The predicted octanol–water partition coefficient (Wildman–Crippen LogP) is 3.65. The van der Waals surface area contributed by atoms with Crippen molar-refractivity contribution in [1.82, 2.24) is 4.98 Å². The van der Waals surface area contributed by atoms with Crippen molar-refractivity contribution in [1.29, 1.82) is 0 Å². The van der Waals surface area contributed by atoms with Gasteiger partial charge in [-0.1, -0.05) is 29.8 Å². The number of hydrogen-bond donors (Lipinski definition) is 1. The standard InChI is InChI=1S/C19H22N2O2/c1-12-5-7-15(8-6-12)19(4)11-16(18(22)23-19)21-17-10-13(2)9-14(3)20-17/h5-10,16H,11H2,1-4H3,(H,20,21). The van der Waals surface area contributed by atoms with Crippen molar-refractivity contribution in [2.24, 2.45) is 0 Å². The molecule has 0 spiro atoms. The van der Waals surface area contributed by atoms with Gasteiger partial charge in [-0.05, 0) is 51.0 Å². The first-order valence-electron chi connectivity index (χ1n) is 7.87.